The average Bonchev–Trinajstić information content (AvgIpc) is 3.32. The third-order valence-electron chi connectivity index (χ3n) is 7.35. The fraction of sp³-hybridized carbons (Fsp3) is 0.464. The Kier molecular flexibility index (Phi) is 7.43. The summed E-state index contributed by atoms with van der Waals surface area (Å²) in [6.07, 6.45) is 2.17. The Hall–Kier alpha value is -3.35. The molecule has 0 spiro atoms. The van der Waals surface area contributed by atoms with Gasteiger partial charge in [0.1, 0.15) is 12.6 Å². The smallest absolute Gasteiger partial charge is 0.407 e. The van der Waals surface area contributed by atoms with E-state index in [1.807, 2.05) is 36.4 Å². The third-order valence-corrected chi connectivity index (χ3v) is 7.35. The molecule has 35 heavy (non-hydrogen) atoms. The van der Waals surface area contributed by atoms with Gasteiger partial charge in [-0.25, -0.2) is 4.79 Å². The molecule has 1 saturated carbocycles. The van der Waals surface area contributed by atoms with Crippen molar-refractivity contribution < 1.29 is 24.2 Å². The number of hydrogen-bond donors (Lipinski definition) is 3. The Balaban J connectivity index is 1.31. The van der Waals surface area contributed by atoms with Gasteiger partial charge >= 0.3 is 12.1 Å². The molecule has 4 rings (SSSR count). The second-order valence-corrected chi connectivity index (χ2v) is 10.3. The molecular formula is C28H34N2O5. The Bertz CT molecular complexity index is 1050. The highest BCUT2D eigenvalue weighted by Gasteiger charge is 2.44. The van der Waals surface area contributed by atoms with Crippen molar-refractivity contribution in [2.75, 3.05) is 13.2 Å². The first kappa shape index (κ1) is 24.8. The van der Waals surface area contributed by atoms with Crippen LogP contribution in [-0.2, 0) is 14.3 Å². The molecule has 0 aliphatic heterocycles. The van der Waals surface area contributed by atoms with Crippen LogP contribution in [0.1, 0.15) is 63.0 Å². The molecule has 2 atom stereocenters. The normalized spacial score (nSPS) is 18.2. The number of benzene rings is 2. The van der Waals surface area contributed by atoms with E-state index in [4.69, 9.17) is 9.84 Å². The summed E-state index contributed by atoms with van der Waals surface area (Å²) in [7, 11) is 0. The Morgan fingerprint density at radius 1 is 1.06 bits per heavy atom. The van der Waals surface area contributed by atoms with Gasteiger partial charge in [0.2, 0.25) is 5.91 Å². The van der Waals surface area contributed by atoms with Gasteiger partial charge in [-0.3, -0.25) is 9.59 Å². The fourth-order valence-corrected chi connectivity index (χ4v) is 5.07. The Labute approximate surface area is 206 Å². The number of aliphatic carboxylic acids is 1. The minimum Gasteiger partial charge on any atom is -0.481 e. The number of ether oxygens (including phenoxy) is 1. The van der Waals surface area contributed by atoms with Crippen LogP contribution in [0.3, 0.4) is 0 Å². The molecule has 0 aromatic heterocycles. The Morgan fingerprint density at radius 3 is 2.23 bits per heavy atom. The van der Waals surface area contributed by atoms with Gasteiger partial charge < -0.3 is 20.5 Å². The van der Waals surface area contributed by atoms with E-state index in [9.17, 15) is 14.4 Å². The van der Waals surface area contributed by atoms with Crippen LogP contribution in [-0.4, -0.2) is 42.3 Å². The summed E-state index contributed by atoms with van der Waals surface area (Å²) in [6, 6.07) is 15.1. The molecule has 7 nitrogen and oxygen atoms in total. The second-order valence-electron chi connectivity index (χ2n) is 10.3. The van der Waals surface area contributed by atoms with Crippen LogP contribution in [0.5, 0.6) is 0 Å². The van der Waals surface area contributed by atoms with Crippen molar-refractivity contribution in [1.29, 1.82) is 0 Å². The maximum atomic E-state index is 12.7. The van der Waals surface area contributed by atoms with Crippen LogP contribution in [0.2, 0.25) is 0 Å². The molecule has 2 aliphatic rings. The summed E-state index contributed by atoms with van der Waals surface area (Å²) in [4.78, 5) is 36.4. The van der Waals surface area contributed by atoms with Gasteiger partial charge in [-0.05, 0) is 59.3 Å². The van der Waals surface area contributed by atoms with Crippen LogP contribution in [0.4, 0.5) is 4.79 Å². The van der Waals surface area contributed by atoms with E-state index in [2.05, 4.69) is 36.6 Å². The number of carbonyl (C=O) groups is 3. The third kappa shape index (κ3) is 6.02. The average molecular weight is 479 g/mol. The number of alkyl carbamates (subject to hydrolysis) is 1. The number of carboxylic acid groups (broad SMARTS) is 1. The summed E-state index contributed by atoms with van der Waals surface area (Å²) >= 11 is 0. The van der Waals surface area contributed by atoms with Crippen molar-refractivity contribution in [1.82, 2.24) is 10.6 Å². The van der Waals surface area contributed by atoms with Gasteiger partial charge in [-0.2, -0.15) is 0 Å². The zero-order valence-corrected chi connectivity index (χ0v) is 20.4. The number of rotatable bonds is 11. The second kappa shape index (κ2) is 10.5. The molecule has 0 saturated heterocycles. The highest BCUT2D eigenvalue weighted by atomic mass is 16.5. The molecule has 0 heterocycles. The quantitative estimate of drug-likeness (QED) is 0.406. The molecule has 7 heteroatoms. The number of hydrogen-bond acceptors (Lipinski definition) is 4. The van der Waals surface area contributed by atoms with E-state index >= 15 is 0 Å². The van der Waals surface area contributed by atoms with Crippen LogP contribution < -0.4 is 10.6 Å². The van der Waals surface area contributed by atoms with Crippen molar-refractivity contribution in [3.8, 4) is 11.1 Å². The van der Waals surface area contributed by atoms with E-state index in [0.29, 0.717) is 17.9 Å². The number of amides is 2. The molecule has 2 aliphatic carbocycles. The summed E-state index contributed by atoms with van der Waals surface area (Å²) in [5.74, 6) is -0.796. The van der Waals surface area contributed by atoms with E-state index in [1.165, 1.54) is 6.42 Å². The molecule has 2 unspecified atom stereocenters. The monoisotopic (exact) mass is 478 g/mol. The predicted octanol–water partition coefficient (Wildman–Crippen LogP) is 4.70. The maximum Gasteiger partial charge on any atom is 0.407 e. The zero-order chi connectivity index (χ0) is 25.0. The van der Waals surface area contributed by atoms with Gasteiger partial charge in [0.15, 0.2) is 0 Å². The number of carboxylic acids is 1. The first-order valence-corrected chi connectivity index (χ1v) is 12.4. The van der Waals surface area contributed by atoms with Crippen LogP contribution in [0, 0.1) is 11.3 Å². The molecule has 2 amide bonds. The van der Waals surface area contributed by atoms with E-state index in [1.54, 1.807) is 0 Å². The van der Waals surface area contributed by atoms with Crippen molar-refractivity contribution in [3.05, 3.63) is 59.7 Å². The number of fused-ring (bicyclic) bond motifs is 3. The molecule has 2 aromatic rings. The summed E-state index contributed by atoms with van der Waals surface area (Å²) in [5.41, 5.74) is 4.86. The van der Waals surface area contributed by atoms with Crippen LogP contribution in [0.25, 0.3) is 11.1 Å². The topological polar surface area (TPSA) is 105 Å². The first-order chi connectivity index (χ1) is 16.8. The highest BCUT2D eigenvalue weighted by Crippen LogP contribution is 2.54. The van der Waals surface area contributed by atoms with Crippen LogP contribution >= 0.6 is 0 Å². The first-order valence-electron chi connectivity index (χ1n) is 12.4. The lowest BCUT2D eigenvalue weighted by Crippen LogP contribution is -2.47. The zero-order valence-electron chi connectivity index (χ0n) is 20.4. The lowest BCUT2D eigenvalue weighted by molar-refractivity contribution is -0.137. The van der Waals surface area contributed by atoms with Gasteiger partial charge in [-0.15, -0.1) is 0 Å². The van der Waals surface area contributed by atoms with Gasteiger partial charge in [-0.1, -0.05) is 62.4 Å². The molecule has 0 radical (unpaired) electrons. The molecule has 0 bridgehead atoms. The molecule has 1 fully saturated rings. The molecular weight excluding hydrogens is 444 g/mol. The van der Waals surface area contributed by atoms with Crippen molar-refractivity contribution in [3.63, 3.8) is 0 Å². The van der Waals surface area contributed by atoms with Crippen molar-refractivity contribution in [2.24, 2.45) is 11.3 Å². The molecule has 186 valence electrons. The summed E-state index contributed by atoms with van der Waals surface area (Å²) in [5, 5.41) is 14.5. The van der Waals surface area contributed by atoms with Crippen molar-refractivity contribution in [2.45, 2.75) is 57.9 Å². The largest absolute Gasteiger partial charge is 0.481 e. The highest BCUT2D eigenvalue weighted by molar-refractivity contribution is 5.86. The minimum absolute atomic E-state index is 0.00101. The molecule has 2 aromatic carbocycles. The van der Waals surface area contributed by atoms with E-state index < -0.39 is 18.1 Å². The lowest BCUT2D eigenvalue weighted by Gasteiger charge is -2.19. The number of carbonyl (C=O) groups excluding carboxylic acids is 2. The van der Waals surface area contributed by atoms with Crippen molar-refractivity contribution >= 4 is 18.0 Å². The number of nitrogens with one attached hydrogen (secondary N) is 2. The fourth-order valence-electron chi connectivity index (χ4n) is 5.07. The van der Waals surface area contributed by atoms with Crippen LogP contribution in [0.15, 0.2) is 48.5 Å². The van der Waals surface area contributed by atoms with E-state index in [0.717, 1.165) is 35.1 Å². The summed E-state index contributed by atoms with van der Waals surface area (Å²) < 4.78 is 5.54. The predicted molar refractivity (Wildman–Crippen MR) is 133 cm³/mol. The summed E-state index contributed by atoms with van der Waals surface area (Å²) in [6.45, 7) is 5.12. The lowest BCUT2D eigenvalue weighted by atomic mass is 9.98. The Morgan fingerprint density at radius 2 is 1.66 bits per heavy atom. The SMILES string of the molecule is CC1(C)CC1CCCNC(=O)C(CCC(=O)O)NC(=O)OCC1c2ccccc2-c2ccccc21. The van der Waals surface area contributed by atoms with Gasteiger partial charge in [0.25, 0.3) is 0 Å². The molecule has 3 N–H and O–H groups in total. The minimum atomic E-state index is -1.02. The van der Waals surface area contributed by atoms with Gasteiger partial charge in [0.05, 0.1) is 0 Å². The van der Waals surface area contributed by atoms with Gasteiger partial charge in [0, 0.05) is 18.9 Å². The maximum absolute atomic E-state index is 12.7. The standard InChI is InChI=1S/C28H34N2O5/c1-28(2)16-18(28)8-7-15-29-26(33)24(13-14-25(31)32)30-27(34)35-17-23-21-11-5-3-9-19(21)20-10-4-6-12-22(20)23/h3-6,9-12,18,23-24H,7-8,13-17H2,1-2H3,(H,29,33)(H,30,34)(H,31,32). The van der Waals surface area contributed by atoms with E-state index in [-0.39, 0.29) is 31.3 Å².